The van der Waals surface area contributed by atoms with Crippen molar-refractivity contribution in [2.45, 2.75) is 11.4 Å². The first kappa shape index (κ1) is 14.4. The number of ether oxygens (including phenoxy) is 2. The molecule has 2 aromatic carbocycles. The Morgan fingerprint density at radius 1 is 1.14 bits per heavy atom. The number of hydrogen-bond donors (Lipinski definition) is 1. The molecule has 7 heteroatoms. The molecule has 0 spiro atoms. The van der Waals surface area contributed by atoms with E-state index in [4.69, 9.17) is 14.7 Å². The molecule has 1 heterocycles. The zero-order valence-corrected chi connectivity index (χ0v) is 12.3. The number of sulfonamides is 1. The second-order valence-corrected chi connectivity index (χ2v) is 6.36. The van der Waals surface area contributed by atoms with E-state index in [9.17, 15) is 8.42 Å². The molecule has 0 bridgehead atoms. The molecular weight excluding hydrogens is 304 g/mol. The van der Waals surface area contributed by atoms with Crippen LogP contribution < -0.4 is 14.2 Å². The Balaban J connectivity index is 1.79. The summed E-state index contributed by atoms with van der Waals surface area (Å²) >= 11 is 0. The molecule has 112 valence electrons. The van der Waals surface area contributed by atoms with Crippen LogP contribution in [-0.4, -0.2) is 15.2 Å². The van der Waals surface area contributed by atoms with Crippen LogP contribution in [0.1, 0.15) is 11.1 Å². The molecular formula is C15H12N2O4S. The van der Waals surface area contributed by atoms with Gasteiger partial charge < -0.3 is 9.47 Å². The second kappa shape index (κ2) is 5.67. The molecule has 0 saturated carbocycles. The Labute approximate surface area is 128 Å². The Bertz CT molecular complexity index is 856. The first-order valence-corrected chi connectivity index (χ1v) is 7.96. The SMILES string of the molecule is N#Cc1ccccc1S(=O)(=O)NCc1ccc2c(c1)OCO2. The Hall–Kier alpha value is -2.56. The average Bonchev–Trinajstić information content (AvgIpc) is 3.00. The first-order chi connectivity index (χ1) is 10.6. The van der Waals surface area contributed by atoms with Gasteiger partial charge in [0.2, 0.25) is 16.8 Å². The molecule has 0 radical (unpaired) electrons. The van der Waals surface area contributed by atoms with Gasteiger partial charge >= 0.3 is 0 Å². The number of benzene rings is 2. The van der Waals surface area contributed by atoms with E-state index in [-0.39, 0.29) is 23.8 Å². The first-order valence-electron chi connectivity index (χ1n) is 6.47. The summed E-state index contributed by atoms with van der Waals surface area (Å²) in [4.78, 5) is -0.0294. The van der Waals surface area contributed by atoms with Crippen LogP contribution in [0.25, 0.3) is 0 Å². The van der Waals surface area contributed by atoms with E-state index < -0.39 is 10.0 Å². The van der Waals surface area contributed by atoms with Crippen molar-refractivity contribution >= 4 is 10.0 Å². The highest BCUT2D eigenvalue weighted by molar-refractivity contribution is 7.89. The van der Waals surface area contributed by atoms with Crippen molar-refractivity contribution in [3.05, 3.63) is 53.6 Å². The van der Waals surface area contributed by atoms with Gasteiger partial charge in [-0.1, -0.05) is 18.2 Å². The predicted molar refractivity (Wildman–Crippen MR) is 77.7 cm³/mol. The van der Waals surface area contributed by atoms with Gasteiger partial charge in [0, 0.05) is 6.54 Å². The van der Waals surface area contributed by atoms with Crippen LogP contribution in [0.3, 0.4) is 0 Å². The number of nitrogens with zero attached hydrogens (tertiary/aromatic N) is 1. The summed E-state index contributed by atoms with van der Waals surface area (Å²) in [5.74, 6) is 1.23. The maximum absolute atomic E-state index is 12.3. The standard InChI is InChI=1S/C15H12N2O4S/c16-8-12-3-1-2-4-15(12)22(18,19)17-9-11-5-6-13-14(7-11)21-10-20-13/h1-7,17H,9-10H2. The van der Waals surface area contributed by atoms with E-state index in [1.54, 1.807) is 30.3 Å². The van der Waals surface area contributed by atoms with E-state index >= 15 is 0 Å². The Morgan fingerprint density at radius 2 is 1.91 bits per heavy atom. The highest BCUT2D eigenvalue weighted by atomic mass is 32.2. The van der Waals surface area contributed by atoms with Gasteiger partial charge in [-0.15, -0.1) is 0 Å². The molecule has 0 amide bonds. The van der Waals surface area contributed by atoms with Gasteiger partial charge in [0.05, 0.1) is 10.5 Å². The smallest absolute Gasteiger partial charge is 0.242 e. The summed E-state index contributed by atoms with van der Waals surface area (Å²) < 4.78 is 37.5. The second-order valence-electron chi connectivity index (χ2n) is 4.62. The highest BCUT2D eigenvalue weighted by Gasteiger charge is 2.19. The van der Waals surface area contributed by atoms with Crippen LogP contribution in [0.5, 0.6) is 11.5 Å². The minimum Gasteiger partial charge on any atom is -0.454 e. The van der Waals surface area contributed by atoms with Gasteiger partial charge in [-0.05, 0) is 29.8 Å². The zero-order chi connectivity index (χ0) is 15.6. The van der Waals surface area contributed by atoms with Gasteiger partial charge in [-0.2, -0.15) is 5.26 Å². The fourth-order valence-electron chi connectivity index (χ4n) is 2.10. The topological polar surface area (TPSA) is 88.4 Å². The minimum atomic E-state index is -3.76. The molecule has 6 nitrogen and oxygen atoms in total. The summed E-state index contributed by atoms with van der Waals surface area (Å²) in [6.45, 7) is 0.263. The molecule has 1 N–H and O–H groups in total. The van der Waals surface area contributed by atoms with Gasteiger partial charge in [-0.25, -0.2) is 13.1 Å². The summed E-state index contributed by atoms with van der Waals surface area (Å²) in [6, 6.07) is 13.2. The molecule has 0 saturated heterocycles. The van der Waals surface area contributed by atoms with E-state index in [1.807, 2.05) is 6.07 Å². The van der Waals surface area contributed by atoms with E-state index in [0.717, 1.165) is 5.56 Å². The number of fused-ring (bicyclic) bond motifs is 1. The molecule has 0 aliphatic carbocycles. The van der Waals surface area contributed by atoms with Gasteiger partial charge in [0.1, 0.15) is 6.07 Å². The predicted octanol–water partition coefficient (Wildman–Crippen LogP) is 1.77. The molecule has 1 aliphatic rings. The zero-order valence-electron chi connectivity index (χ0n) is 11.4. The molecule has 22 heavy (non-hydrogen) atoms. The summed E-state index contributed by atoms with van der Waals surface area (Å²) in [6.07, 6.45) is 0. The number of nitriles is 1. The van der Waals surface area contributed by atoms with Crippen LogP contribution in [0.15, 0.2) is 47.4 Å². The highest BCUT2D eigenvalue weighted by Crippen LogP contribution is 2.32. The van der Waals surface area contributed by atoms with Gasteiger partial charge in [0.25, 0.3) is 0 Å². The van der Waals surface area contributed by atoms with Gasteiger partial charge in [-0.3, -0.25) is 0 Å². The quantitative estimate of drug-likeness (QED) is 0.928. The molecule has 3 rings (SSSR count). The lowest BCUT2D eigenvalue weighted by Gasteiger charge is -2.08. The van der Waals surface area contributed by atoms with E-state index in [1.165, 1.54) is 12.1 Å². The summed E-state index contributed by atoms with van der Waals surface area (Å²) in [7, 11) is -3.76. The molecule has 0 fully saturated rings. The van der Waals surface area contributed by atoms with Crippen molar-refractivity contribution < 1.29 is 17.9 Å². The van der Waals surface area contributed by atoms with Crippen molar-refractivity contribution in [2.24, 2.45) is 0 Å². The number of hydrogen-bond acceptors (Lipinski definition) is 5. The monoisotopic (exact) mass is 316 g/mol. The normalized spacial score (nSPS) is 12.9. The van der Waals surface area contributed by atoms with Crippen molar-refractivity contribution in [1.82, 2.24) is 4.72 Å². The fourth-order valence-corrected chi connectivity index (χ4v) is 3.27. The van der Waals surface area contributed by atoms with E-state index in [2.05, 4.69) is 4.72 Å². The van der Waals surface area contributed by atoms with Crippen LogP contribution >= 0.6 is 0 Å². The molecule has 0 aromatic heterocycles. The molecule has 0 unspecified atom stereocenters. The van der Waals surface area contributed by atoms with Crippen molar-refractivity contribution in [1.29, 1.82) is 5.26 Å². The fraction of sp³-hybridized carbons (Fsp3) is 0.133. The molecule has 0 atom stereocenters. The van der Waals surface area contributed by atoms with E-state index in [0.29, 0.717) is 11.5 Å². The van der Waals surface area contributed by atoms with Crippen LogP contribution in [0, 0.1) is 11.3 Å². The third-order valence-corrected chi connectivity index (χ3v) is 4.66. The summed E-state index contributed by atoms with van der Waals surface area (Å²) in [5, 5.41) is 9.00. The minimum absolute atomic E-state index is 0.0294. The molecule has 1 aliphatic heterocycles. The van der Waals surface area contributed by atoms with Gasteiger partial charge in [0.15, 0.2) is 11.5 Å². The van der Waals surface area contributed by atoms with Crippen molar-refractivity contribution in [3.63, 3.8) is 0 Å². The lowest BCUT2D eigenvalue weighted by atomic mass is 10.2. The van der Waals surface area contributed by atoms with Crippen molar-refractivity contribution in [3.8, 4) is 17.6 Å². The number of nitrogens with one attached hydrogen (secondary N) is 1. The van der Waals surface area contributed by atoms with Crippen LogP contribution in [0.4, 0.5) is 0 Å². The van der Waals surface area contributed by atoms with Crippen molar-refractivity contribution in [2.75, 3.05) is 6.79 Å². The lowest BCUT2D eigenvalue weighted by molar-refractivity contribution is 0.174. The largest absolute Gasteiger partial charge is 0.454 e. The third kappa shape index (κ3) is 2.74. The lowest BCUT2D eigenvalue weighted by Crippen LogP contribution is -2.24. The molecule has 2 aromatic rings. The average molecular weight is 316 g/mol. The Morgan fingerprint density at radius 3 is 2.73 bits per heavy atom. The number of rotatable bonds is 4. The summed E-state index contributed by atoms with van der Waals surface area (Å²) in [5.41, 5.74) is 0.850. The Kier molecular flexibility index (Phi) is 3.71. The van der Waals surface area contributed by atoms with Crippen LogP contribution in [-0.2, 0) is 16.6 Å². The third-order valence-electron chi connectivity index (χ3n) is 3.20. The maximum Gasteiger partial charge on any atom is 0.242 e. The van der Waals surface area contributed by atoms with Crippen LogP contribution in [0.2, 0.25) is 0 Å². The maximum atomic E-state index is 12.3.